The summed E-state index contributed by atoms with van der Waals surface area (Å²) in [4.78, 5) is 13.3. The maximum Gasteiger partial charge on any atom is 0.224 e. The van der Waals surface area contributed by atoms with Gasteiger partial charge in [-0.3, -0.25) is 4.79 Å². The minimum absolute atomic E-state index is 0.0270. The molecular formula is C10H20N2O3S. The van der Waals surface area contributed by atoms with Gasteiger partial charge in [0.25, 0.3) is 0 Å². The molecule has 0 spiro atoms. The average Bonchev–Trinajstić information content (AvgIpc) is 2.45. The fourth-order valence-electron chi connectivity index (χ4n) is 1.89. The SMILES string of the molecule is CCCS(=O)(=O)NC1CC(=O)N(C(C)C)C1. The largest absolute Gasteiger partial charge is 0.339 e. The molecule has 94 valence electrons. The second-order valence-corrected chi connectivity index (χ2v) is 6.35. The number of nitrogens with one attached hydrogen (secondary N) is 1. The van der Waals surface area contributed by atoms with Gasteiger partial charge < -0.3 is 4.90 Å². The van der Waals surface area contributed by atoms with Gasteiger partial charge >= 0.3 is 0 Å². The molecule has 1 atom stereocenters. The van der Waals surface area contributed by atoms with Crippen molar-refractivity contribution in [3.05, 3.63) is 0 Å². The van der Waals surface area contributed by atoms with Gasteiger partial charge in [-0.05, 0) is 20.3 Å². The van der Waals surface area contributed by atoms with Crippen molar-refractivity contribution >= 4 is 15.9 Å². The lowest BCUT2D eigenvalue weighted by Crippen LogP contribution is -2.39. The van der Waals surface area contributed by atoms with Gasteiger partial charge in [-0.15, -0.1) is 0 Å². The van der Waals surface area contributed by atoms with E-state index in [1.807, 2.05) is 20.8 Å². The van der Waals surface area contributed by atoms with Crippen molar-refractivity contribution in [2.75, 3.05) is 12.3 Å². The minimum atomic E-state index is -3.22. The predicted molar refractivity (Wildman–Crippen MR) is 62.5 cm³/mol. The van der Waals surface area contributed by atoms with Gasteiger partial charge in [0.1, 0.15) is 0 Å². The van der Waals surface area contributed by atoms with Crippen LogP contribution in [0.15, 0.2) is 0 Å². The fraction of sp³-hybridized carbons (Fsp3) is 0.900. The maximum absolute atomic E-state index is 11.6. The Morgan fingerprint density at radius 3 is 2.56 bits per heavy atom. The zero-order valence-corrected chi connectivity index (χ0v) is 10.9. The molecule has 0 aromatic rings. The highest BCUT2D eigenvalue weighted by Gasteiger charge is 2.33. The molecular weight excluding hydrogens is 228 g/mol. The number of hydrogen-bond donors (Lipinski definition) is 1. The summed E-state index contributed by atoms with van der Waals surface area (Å²) in [5.74, 6) is 0.151. The van der Waals surface area contributed by atoms with Crippen LogP contribution < -0.4 is 4.72 Å². The van der Waals surface area contributed by atoms with Crippen LogP contribution >= 0.6 is 0 Å². The highest BCUT2D eigenvalue weighted by Crippen LogP contribution is 2.15. The first kappa shape index (κ1) is 13.4. The topological polar surface area (TPSA) is 66.5 Å². The number of likely N-dealkylation sites (tertiary alicyclic amines) is 1. The number of rotatable bonds is 5. The number of sulfonamides is 1. The zero-order valence-electron chi connectivity index (χ0n) is 10.1. The van der Waals surface area contributed by atoms with Gasteiger partial charge in [0.05, 0.1) is 5.75 Å². The number of amides is 1. The van der Waals surface area contributed by atoms with Gasteiger partial charge in [0, 0.05) is 25.0 Å². The minimum Gasteiger partial charge on any atom is -0.339 e. The summed E-state index contributed by atoms with van der Waals surface area (Å²) in [5.41, 5.74) is 0. The molecule has 6 heteroatoms. The lowest BCUT2D eigenvalue weighted by molar-refractivity contribution is -0.129. The van der Waals surface area contributed by atoms with Crippen LogP contribution in [-0.2, 0) is 14.8 Å². The highest BCUT2D eigenvalue weighted by atomic mass is 32.2. The summed E-state index contributed by atoms with van der Waals surface area (Å²) in [6, 6.07) is -0.125. The quantitative estimate of drug-likeness (QED) is 0.762. The molecule has 1 rings (SSSR count). The molecule has 0 aliphatic carbocycles. The third kappa shape index (κ3) is 3.45. The Morgan fingerprint density at radius 1 is 1.50 bits per heavy atom. The van der Waals surface area contributed by atoms with Crippen LogP contribution in [0.1, 0.15) is 33.6 Å². The third-order valence-electron chi connectivity index (χ3n) is 2.60. The summed E-state index contributed by atoms with van der Waals surface area (Å²) < 4.78 is 25.6. The lowest BCUT2D eigenvalue weighted by atomic mass is 10.3. The van der Waals surface area contributed by atoms with E-state index in [1.165, 1.54) is 0 Å². The second kappa shape index (κ2) is 5.14. The molecule has 1 aliphatic heterocycles. The Kier molecular flexibility index (Phi) is 4.32. The fourth-order valence-corrected chi connectivity index (χ4v) is 3.21. The third-order valence-corrected chi connectivity index (χ3v) is 4.24. The molecule has 5 nitrogen and oxygen atoms in total. The Hall–Kier alpha value is -0.620. The van der Waals surface area contributed by atoms with E-state index in [2.05, 4.69) is 4.72 Å². The molecule has 0 aromatic heterocycles. The monoisotopic (exact) mass is 248 g/mol. The van der Waals surface area contributed by atoms with Crippen molar-refractivity contribution in [1.29, 1.82) is 0 Å². The van der Waals surface area contributed by atoms with Crippen molar-refractivity contribution in [2.45, 2.75) is 45.7 Å². The van der Waals surface area contributed by atoms with Crippen LogP contribution in [0.4, 0.5) is 0 Å². The van der Waals surface area contributed by atoms with Crippen molar-refractivity contribution in [2.24, 2.45) is 0 Å². The first-order valence-electron chi connectivity index (χ1n) is 5.65. The summed E-state index contributed by atoms with van der Waals surface area (Å²) in [5, 5.41) is 0. The van der Waals surface area contributed by atoms with E-state index < -0.39 is 10.0 Å². The molecule has 1 amide bonds. The lowest BCUT2D eigenvalue weighted by Gasteiger charge is -2.21. The standard InChI is InChI=1S/C10H20N2O3S/c1-4-5-16(14,15)11-9-6-10(13)12(7-9)8(2)3/h8-9,11H,4-7H2,1-3H3. The maximum atomic E-state index is 11.6. The second-order valence-electron chi connectivity index (χ2n) is 4.48. The van der Waals surface area contributed by atoms with Crippen molar-refractivity contribution in [1.82, 2.24) is 9.62 Å². The summed E-state index contributed by atoms with van der Waals surface area (Å²) in [7, 11) is -3.22. The summed E-state index contributed by atoms with van der Waals surface area (Å²) >= 11 is 0. The Balaban J connectivity index is 2.57. The van der Waals surface area contributed by atoms with E-state index in [9.17, 15) is 13.2 Å². The molecule has 16 heavy (non-hydrogen) atoms. The number of hydrogen-bond acceptors (Lipinski definition) is 3. The molecule has 1 saturated heterocycles. The van der Waals surface area contributed by atoms with Gasteiger partial charge in [0.2, 0.25) is 15.9 Å². The van der Waals surface area contributed by atoms with E-state index >= 15 is 0 Å². The molecule has 0 bridgehead atoms. The number of carbonyl (C=O) groups excluding carboxylic acids is 1. The average molecular weight is 248 g/mol. The molecule has 1 N–H and O–H groups in total. The summed E-state index contributed by atoms with van der Waals surface area (Å²) in [6.45, 7) is 6.17. The van der Waals surface area contributed by atoms with Crippen LogP contribution in [0.3, 0.4) is 0 Å². The number of carbonyl (C=O) groups is 1. The van der Waals surface area contributed by atoms with E-state index in [0.29, 0.717) is 13.0 Å². The Bertz CT molecular complexity index is 351. The van der Waals surface area contributed by atoms with Gasteiger partial charge in [-0.25, -0.2) is 13.1 Å². The normalized spacial score (nSPS) is 22.1. The van der Waals surface area contributed by atoms with E-state index in [4.69, 9.17) is 0 Å². The molecule has 1 aliphatic rings. The Labute approximate surface area is 97.2 Å². The zero-order chi connectivity index (χ0) is 12.3. The predicted octanol–water partition coefficient (Wildman–Crippen LogP) is 0.325. The first-order chi connectivity index (χ1) is 7.35. The molecule has 0 radical (unpaired) electrons. The van der Waals surface area contributed by atoms with E-state index in [0.717, 1.165) is 0 Å². The Morgan fingerprint density at radius 2 is 2.12 bits per heavy atom. The van der Waals surface area contributed by atoms with Gasteiger partial charge in [-0.2, -0.15) is 0 Å². The molecule has 1 unspecified atom stereocenters. The van der Waals surface area contributed by atoms with E-state index in [1.54, 1.807) is 4.90 Å². The molecule has 0 aromatic carbocycles. The van der Waals surface area contributed by atoms with Gasteiger partial charge in [0.15, 0.2) is 0 Å². The van der Waals surface area contributed by atoms with Crippen LogP contribution in [0.2, 0.25) is 0 Å². The van der Waals surface area contributed by atoms with Gasteiger partial charge in [-0.1, -0.05) is 6.92 Å². The van der Waals surface area contributed by atoms with Crippen LogP contribution in [0.25, 0.3) is 0 Å². The molecule has 1 heterocycles. The molecule has 1 fully saturated rings. The van der Waals surface area contributed by atoms with Crippen molar-refractivity contribution < 1.29 is 13.2 Å². The molecule has 0 saturated carbocycles. The van der Waals surface area contributed by atoms with Crippen molar-refractivity contribution in [3.8, 4) is 0 Å². The summed E-state index contributed by atoms with van der Waals surface area (Å²) in [6.07, 6.45) is 0.866. The van der Waals surface area contributed by atoms with Crippen LogP contribution in [-0.4, -0.2) is 43.6 Å². The first-order valence-corrected chi connectivity index (χ1v) is 7.30. The smallest absolute Gasteiger partial charge is 0.224 e. The highest BCUT2D eigenvalue weighted by molar-refractivity contribution is 7.89. The van der Waals surface area contributed by atoms with Crippen LogP contribution in [0.5, 0.6) is 0 Å². The van der Waals surface area contributed by atoms with Crippen molar-refractivity contribution in [3.63, 3.8) is 0 Å². The van der Waals surface area contributed by atoms with E-state index in [-0.39, 0.29) is 30.2 Å². The van der Waals surface area contributed by atoms with Crippen LogP contribution in [0, 0.1) is 0 Å². The number of nitrogens with zero attached hydrogens (tertiary/aromatic N) is 1.